The van der Waals surface area contributed by atoms with Gasteiger partial charge in [-0.25, -0.2) is 5.43 Å². The van der Waals surface area contributed by atoms with E-state index in [1.807, 2.05) is 30.3 Å². The molecule has 0 aromatic heterocycles. The quantitative estimate of drug-likeness (QED) is 0.390. The molecule has 3 N–H and O–H groups in total. The lowest BCUT2D eigenvalue weighted by Crippen LogP contribution is -2.48. The van der Waals surface area contributed by atoms with Crippen LogP contribution in [0.1, 0.15) is 31.2 Å². The van der Waals surface area contributed by atoms with Gasteiger partial charge in [0.1, 0.15) is 24.2 Å². The number of aliphatic hydroxyl groups is 1. The van der Waals surface area contributed by atoms with Crippen molar-refractivity contribution in [2.45, 2.75) is 37.8 Å². The molecule has 37 heavy (non-hydrogen) atoms. The van der Waals surface area contributed by atoms with E-state index in [-0.39, 0.29) is 31.1 Å². The summed E-state index contributed by atoms with van der Waals surface area (Å²) in [5.41, 5.74) is 4.03. The number of carbonyl (C=O) groups is 2. The highest BCUT2D eigenvalue weighted by molar-refractivity contribution is 9.10. The molecular formula is C26H30BrClN4O5. The van der Waals surface area contributed by atoms with Crippen molar-refractivity contribution < 1.29 is 24.2 Å². The lowest BCUT2D eigenvalue weighted by Gasteiger charge is -2.33. The maximum Gasteiger partial charge on any atom is 0.260 e. The second-order valence-electron chi connectivity index (χ2n) is 8.99. The summed E-state index contributed by atoms with van der Waals surface area (Å²) in [4.78, 5) is 25.7. The summed E-state index contributed by atoms with van der Waals surface area (Å²) in [5.74, 6) is 0.920. The number of nitrogens with one attached hydrogen (secondary N) is 2. The highest BCUT2D eigenvalue weighted by Crippen LogP contribution is 2.27. The fraction of sp³-hybridized carbons (Fsp3) is 0.423. The minimum Gasteiger partial charge on any atom is -0.490 e. The third-order valence-corrected chi connectivity index (χ3v) is 7.23. The van der Waals surface area contributed by atoms with Gasteiger partial charge in [0.2, 0.25) is 5.91 Å². The Bertz CT molecular complexity index is 1140. The van der Waals surface area contributed by atoms with Gasteiger partial charge in [0.15, 0.2) is 6.61 Å². The van der Waals surface area contributed by atoms with Gasteiger partial charge in [-0.05, 0) is 64.7 Å². The Morgan fingerprint density at radius 3 is 2.68 bits per heavy atom. The van der Waals surface area contributed by atoms with Crippen molar-refractivity contribution in [1.82, 2.24) is 15.6 Å². The summed E-state index contributed by atoms with van der Waals surface area (Å²) in [6, 6.07) is 13.0. The van der Waals surface area contributed by atoms with E-state index < -0.39 is 6.10 Å². The number of hydrogen-bond donors (Lipinski definition) is 3. The number of hydrazone groups is 1. The number of likely N-dealkylation sites (tertiary alicyclic amines) is 1. The smallest absolute Gasteiger partial charge is 0.260 e. The SMILES string of the molecule is O=C1CCC(c2ccc(OCC(=O)N3CCC(NC[C@H](O)COc4ccccc4Br)CC3)c(Cl)c2)=NN1. The van der Waals surface area contributed by atoms with Crippen LogP contribution in [0, 0.1) is 0 Å². The van der Waals surface area contributed by atoms with Gasteiger partial charge in [0.25, 0.3) is 5.91 Å². The van der Waals surface area contributed by atoms with Crippen molar-refractivity contribution in [2.75, 3.05) is 32.8 Å². The second-order valence-corrected chi connectivity index (χ2v) is 10.2. The molecule has 2 aromatic rings. The lowest BCUT2D eigenvalue weighted by atomic mass is 10.0. The minimum atomic E-state index is -0.639. The lowest BCUT2D eigenvalue weighted by molar-refractivity contribution is -0.134. The van der Waals surface area contributed by atoms with Crippen LogP contribution in [-0.2, 0) is 9.59 Å². The zero-order valence-electron chi connectivity index (χ0n) is 20.3. The number of ether oxygens (including phenoxy) is 2. The number of nitrogens with zero attached hydrogens (tertiary/aromatic N) is 2. The van der Waals surface area contributed by atoms with Gasteiger partial charge >= 0.3 is 0 Å². The number of rotatable bonds is 10. The van der Waals surface area contributed by atoms with Crippen molar-refractivity contribution in [2.24, 2.45) is 5.10 Å². The molecule has 2 aliphatic rings. The van der Waals surface area contributed by atoms with E-state index in [4.69, 9.17) is 21.1 Å². The average molecular weight is 594 g/mol. The monoisotopic (exact) mass is 592 g/mol. The third-order valence-electron chi connectivity index (χ3n) is 6.28. The van der Waals surface area contributed by atoms with Crippen LogP contribution >= 0.6 is 27.5 Å². The van der Waals surface area contributed by atoms with Gasteiger partial charge < -0.3 is 24.8 Å². The molecule has 2 aliphatic heterocycles. The number of hydrogen-bond acceptors (Lipinski definition) is 7. The molecule has 0 saturated carbocycles. The van der Waals surface area contributed by atoms with Crippen LogP contribution in [0.4, 0.5) is 0 Å². The molecule has 0 unspecified atom stereocenters. The summed E-state index contributed by atoms with van der Waals surface area (Å²) in [5, 5.41) is 18.1. The molecule has 4 rings (SSSR count). The Morgan fingerprint density at radius 1 is 1.19 bits per heavy atom. The van der Waals surface area contributed by atoms with Crippen molar-refractivity contribution in [3.05, 3.63) is 57.5 Å². The summed E-state index contributed by atoms with van der Waals surface area (Å²) >= 11 is 9.79. The van der Waals surface area contributed by atoms with Crippen molar-refractivity contribution in [3.8, 4) is 11.5 Å². The molecule has 9 nitrogen and oxygen atoms in total. The molecule has 1 atom stereocenters. The van der Waals surface area contributed by atoms with E-state index in [1.54, 1.807) is 17.0 Å². The fourth-order valence-electron chi connectivity index (χ4n) is 4.15. The molecule has 0 radical (unpaired) electrons. The molecule has 11 heteroatoms. The number of carbonyl (C=O) groups excluding carboxylic acids is 2. The van der Waals surface area contributed by atoms with Gasteiger partial charge in [0, 0.05) is 38.5 Å². The van der Waals surface area contributed by atoms with Crippen LogP contribution in [0.2, 0.25) is 5.02 Å². The predicted molar refractivity (Wildman–Crippen MR) is 144 cm³/mol. The number of amides is 2. The molecule has 1 fully saturated rings. The number of aliphatic hydroxyl groups excluding tert-OH is 1. The molecular weight excluding hydrogens is 564 g/mol. The van der Waals surface area contributed by atoms with Crippen LogP contribution in [-0.4, -0.2) is 72.5 Å². The second kappa shape index (κ2) is 13.2. The Morgan fingerprint density at radius 2 is 1.97 bits per heavy atom. The first-order chi connectivity index (χ1) is 17.9. The molecule has 0 bridgehead atoms. The van der Waals surface area contributed by atoms with E-state index in [1.165, 1.54) is 0 Å². The highest BCUT2D eigenvalue weighted by atomic mass is 79.9. The fourth-order valence-corrected chi connectivity index (χ4v) is 4.79. The van der Waals surface area contributed by atoms with Gasteiger partial charge in [-0.3, -0.25) is 9.59 Å². The van der Waals surface area contributed by atoms with E-state index in [0.717, 1.165) is 28.6 Å². The standard InChI is InChI=1S/C26H30BrClN4O5/c27-20-3-1-2-4-23(20)36-15-19(33)14-29-18-9-11-32(12-10-18)26(35)16-37-24-7-5-17(13-21(24)28)22-6-8-25(34)31-30-22/h1-5,7,13,18-19,29,33H,6,8-12,14-16H2,(H,31,34)/t19-/m0/s1. The predicted octanol–water partition coefficient (Wildman–Crippen LogP) is 3.12. The van der Waals surface area contributed by atoms with E-state index in [2.05, 4.69) is 31.8 Å². The van der Waals surface area contributed by atoms with Gasteiger partial charge in [-0.15, -0.1) is 0 Å². The molecule has 198 valence electrons. The third kappa shape index (κ3) is 7.91. The number of benzene rings is 2. The summed E-state index contributed by atoms with van der Waals surface area (Å²) in [7, 11) is 0. The first kappa shape index (κ1) is 27.4. The van der Waals surface area contributed by atoms with Crippen LogP contribution in [0.3, 0.4) is 0 Å². The number of piperidine rings is 1. The highest BCUT2D eigenvalue weighted by Gasteiger charge is 2.24. The summed E-state index contributed by atoms with van der Waals surface area (Å²) in [6.07, 6.45) is 1.87. The van der Waals surface area contributed by atoms with Crippen LogP contribution < -0.4 is 20.2 Å². The molecule has 2 aromatic carbocycles. The maximum atomic E-state index is 12.7. The van der Waals surface area contributed by atoms with E-state index in [0.29, 0.717) is 49.0 Å². The van der Waals surface area contributed by atoms with Gasteiger partial charge in [-0.2, -0.15) is 5.10 Å². The summed E-state index contributed by atoms with van der Waals surface area (Å²) in [6.45, 7) is 1.74. The van der Waals surface area contributed by atoms with E-state index >= 15 is 0 Å². The molecule has 2 heterocycles. The summed E-state index contributed by atoms with van der Waals surface area (Å²) < 4.78 is 12.2. The Hall–Kier alpha value is -2.66. The molecule has 0 aliphatic carbocycles. The first-order valence-electron chi connectivity index (χ1n) is 12.2. The number of para-hydroxylation sites is 1. The Kier molecular flexibility index (Phi) is 9.79. The van der Waals surface area contributed by atoms with Gasteiger partial charge in [-0.1, -0.05) is 23.7 Å². The van der Waals surface area contributed by atoms with E-state index in [9.17, 15) is 14.7 Å². The zero-order chi connectivity index (χ0) is 26.2. The maximum absolute atomic E-state index is 12.7. The van der Waals surface area contributed by atoms with Crippen LogP contribution in [0.15, 0.2) is 52.0 Å². The minimum absolute atomic E-state index is 0.0974. The zero-order valence-corrected chi connectivity index (χ0v) is 22.6. The molecule has 2 amide bonds. The Balaban J connectivity index is 1.15. The average Bonchev–Trinajstić information content (AvgIpc) is 2.91. The van der Waals surface area contributed by atoms with Crippen molar-refractivity contribution in [3.63, 3.8) is 0 Å². The Labute approximate surface area is 229 Å². The largest absolute Gasteiger partial charge is 0.490 e. The molecule has 0 spiro atoms. The number of halogens is 2. The van der Waals surface area contributed by atoms with Crippen molar-refractivity contribution >= 4 is 45.1 Å². The first-order valence-corrected chi connectivity index (χ1v) is 13.4. The molecule has 1 saturated heterocycles. The van der Waals surface area contributed by atoms with Gasteiger partial charge in [0.05, 0.1) is 15.2 Å². The normalized spacial score (nSPS) is 17.1. The van der Waals surface area contributed by atoms with Crippen LogP contribution in [0.25, 0.3) is 0 Å². The van der Waals surface area contributed by atoms with Crippen molar-refractivity contribution in [1.29, 1.82) is 0 Å². The topological polar surface area (TPSA) is 112 Å². The van der Waals surface area contributed by atoms with Crippen LogP contribution in [0.5, 0.6) is 11.5 Å².